The Labute approximate surface area is 173 Å². The lowest BCUT2D eigenvalue weighted by Crippen LogP contribution is -2.53. The molecule has 0 spiro atoms. The number of hydrogen-bond acceptors (Lipinski definition) is 5. The maximum atomic E-state index is 13.2. The first-order valence-electron chi connectivity index (χ1n) is 9.25. The number of carbonyl (C=O) groups excluding carboxylic acids is 1. The van der Waals surface area contributed by atoms with Crippen LogP contribution in [-0.4, -0.2) is 17.0 Å². The Balaban J connectivity index is 1.93. The van der Waals surface area contributed by atoms with Crippen LogP contribution in [0.15, 0.2) is 102 Å². The first-order valence-corrected chi connectivity index (χ1v) is 10.2. The van der Waals surface area contributed by atoms with E-state index >= 15 is 0 Å². The highest BCUT2D eigenvalue weighted by atomic mass is 32.1. The molecule has 0 bridgehead atoms. The smallest absolute Gasteiger partial charge is 0.331 e. The number of aromatic nitrogens is 1. The summed E-state index contributed by atoms with van der Waals surface area (Å²) in [6.45, 7) is 0. The lowest BCUT2D eigenvalue weighted by atomic mass is 9.65. The SMILES string of the molecule is NC(C(=O)Oc1cscn1)C(c1ccccc1)(c1ccccc1)c1ccccc1. The van der Waals surface area contributed by atoms with Gasteiger partial charge in [0, 0.05) is 0 Å². The van der Waals surface area contributed by atoms with Gasteiger partial charge in [-0.15, -0.1) is 11.3 Å². The molecule has 0 amide bonds. The fourth-order valence-corrected chi connectivity index (χ4v) is 4.19. The van der Waals surface area contributed by atoms with E-state index in [1.807, 2.05) is 91.0 Å². The molecule has 0 saturated heterocycles. The monoisotopic (exact) mass is 400 g/mol. The summed E-state index contributed by atoms with van der Waals surface area (Å²) in [5, 5.41) is 1.68. The Morgan fingerprint density at radius 1 is 0.828 bits per heavy atom. The zero-order valence-corrected chi connectivity index (χ0v) is 16.5. The number of ether oxygens (including phenoxy) is 1. The van der Waals surface area contributed by atoms with Crippen molar-refractivity contribution in [2.24, 2.45) is 5.73 Å². The molecule has 0 fully saturated rings. The first kappa shape index (κ1) is 19.1. The molecule has 4 rings (SSSR count). The number of nitrogens with two attached hydrogens (primary N) is 1. The number of hydrogen-bond donors (Lipinski definition) is 1. The second-order valence-corrected chi connectivity index (χ2v) is 7.35. The van der Waals surface area contributed by atoms with Gasteiger partial charge < -0.3 is 10.5 Å². The van der Waals surface area contributed by atoms with Crippen LogP contribution in [0.2, 0.25) is 0 Å². The normalized spacial score (nSPS) is 12.3. The number of rotatable bonds is 6. The minimum absolute atomic E-state index is 0.263. The zero-order valence-electron chi connectivity index (χ0n) is 15.6. The predicted molar refractivity (Wildman–Crippen MR) is 115 cm³/mol. The van der Waals surface area contributed by atoms with Crippen molar-refractivity contribution in [1.29, 1.82) is 0 Å². The molecule has 144 valence electrons. The maximum absolute atomic E-state index is 13.2. The summed E-state index contributed by atoms with van der Waals surface area (Å²) in [5.41, 5.74) is 10.2. The standard InChI is InChI=1S/C24H20N2O2S/c25-22(23(27)28-21-16-29-17-26-21)24(18-10-4-1-5-11-18,19-12-6-2-7-13-19)20-14-8-3-9-15-20/h1-17,22H,25H2. The fraction of sp³-hybridized carbons (Fsp3) is 0.0833. The third-order valence-electron chi connectivity index (χ3n) is 5.02. The van der Waals surface area contributed by atoms with Gasteiger partial charge in [-0.1, -0.05) is 91.0 Å². The van der Waals surface area contributed by atoms with Crippen LogP contribution < -0.4 is 10.5 Å². The highest BCUT2D eigenvalue weighted by Gasteiger charge is 2.46. The molecule has 3 aromatic carbocycles. The van der Waals surface area contributed by atoms with Gasteiger partial charge in [0.15, 0.2) is 0 Å². The van der Waals surface area contributed by atoms with Gasteiger partial charge in [-0.2, -0.15) is 0 Å². The van der Waals surface area contributed by atoms with Crippen molar-refractivity contribution >= 4 is 17.3 Å². The molecule has 1 aromatic heterocycles. The lowest BCUT2D eigenvalue weighted by Gasteiger charge is -2.39. The number of benzene rings is 3. The molecular weight excluding hydrogens is 380 g/mol. The van der Waals surface area contributed by atoms with Gasteiger partial charge in [-0.05, 0) is 16.7 Å². The Morgan fingerprint density at radius 3 is 1.66 bits per heavy atom. The fourth-order valence-electron chi connectivity index (χ4n) is 3.74. The van der Waals surface area contributed by atoms with Crippen LogP contribution >= 0.6 is 11.3 Å². The minimum atomic E-state index is -0.989. The maximum Gasteiger partial charge on any atom is 0.331 e. The van der Waals surface area contributed by atoms with E-state index < -0.39 is 17.4 Å². The van der Waals surface area contributed by atoms with Gasteiger partial charge in [-0.25, -0.2) is 9.78 Å². The van der Waals surface area contributed by atoms with E-state index in [0.29, 0.717) is 0 Å². The molecule has 1 atom stereocenters. The number of thiazole rings is 1. The average Bonchev–Trinajstić information content (AvgIpc) is 3.29. The molecule has 0 aliphatic rings. The molecule has 0 radical (unpaired) electrons. The Bertz CT molecular complexity index is 955. The van der Waals surface area contributed by atoms with Gasteiger partial charge in [0.2, 0.25) is 5.88 Å². The van der Waals surface area contributed by atoms with Crippen LogP contribution in [0.5, 0.6) is 5.88 Å². The molecule has 2 N–H and O–H groups in total. The van der Waals surface area contributed by atoms with Gasteiger partial charge in [0.05, 0.1) is 16.3 Å². The third kappa shape index (κ3) is 3.58. The van der Waals surface area contributed by atoms with Crippen molar-refractivity contribution in [3.8, 4) is 5.88 Å². The van der Waals surface area contributed by atoms with Gasteiger partial charge in [0.25, 0.3) is 0 Å². The topological polar surface area (TPSA) is 65.2 Å². The van der Waals surface area contributed by atoms with Gasteiger partial charge >= 0.3 is 5.97 Å². The molecule has 1 unspecified atom stereocenters. The van der Waals surface area contributed by atoms with Crippen molar-refractivity contribution in [2.45, 2.75) is 11.5 Å². The number of nitrogens with zero attached hydrogens (tertiary/aromatic N) is 1. The van der Waals surface area contributed by atoms with Crippen molar-refractivity contribution in [2.75, 3.05) is 0 Å². The molecule has 5 heteroatoms. The van der Waals surface area contributed by atoms with Crippen molar-refractivity contribution in [1.82, 2.24) is 4.98 Å². The lowest BCUT2D eigenvalue weighted by molar-refractivity contribution is -0.137. The quantitative estimate of drug-likeness (QED) is 0.385. The van der Waals surface area contributed by atoms with E-state index in [9.17, 15) is 4.79 Å². The largest absolute Gasteiger partial charge is 0.405 e. The van der Waals surface area contributed by atoms with Crippen LogP contribution in [0.3, 0.4) is 0 Å². The van der Waals surface area contributed by atoms with E-state index in [1.165, 1.54) is 11.3 Å². The zero-order chi connectivity index (χ0) is 20.1. The summed E-state index contributed by atoms with van der Waals surface area (Å²) < 4.78 is 5.52. The van der Waals surface area contributed by atoms with Gasteiger partial charge in [0.1, 0.15) is 6.04 Å². The van der Waals surface area contributed by atoms with E-state index in [1.54, 1.807) is 10.9 Å². The van der Waals surface area contributed by atoms with E-state index in [2.05, 4.69) is 4.98 Å². The summed E-state index contributed by atoms with van der Waals surface area (Å²) in [6.07, 6.45) is 0. The average molecular weight is 401 g/mol. The van der Waals surface area contributed by atoms with Crippen molar-refractivity contribution < 1.29 is 9.53 Å². The molecule has 29 heavy (non-hydrogen) atoms. The van der Waals surface area contributed by atoms with E-state index in [4.69, 9.17) is 10.5 Å². The molecule has 1 heterocycles. The summed E-state index contributed by atoms with van der Waals surface area (Å²) in [5.74, 6) is -0.272. The third-order valence-corrected chi connectivity index (χ3v) is 5.59. The first-order chi connectivity index (χ1) is 14.2. The van der Waals surface area contributed by atoms with Crippen molar-refractivity contribution in [3.63, 3.8) is 0 Å². The Kier molecular flexibility index (Phi) is 5.51. The molecule has 0 aliphatic carbocycles. The van der Waals surface area contributed by atoms with Crippen LogP contribution in [0.25, 0.3) is 0 Å². The molecule has 0 aliphatic heterocycles. The van der Waals surface area contributed by atoms with Crippen LogP contribution in [0.4, 0.5) is 0 Å². The number of esters is 1. The second-order valence-electron chi connectivity index (χ2n) is 6.63. The van der Waals surface area contributed by atoms with E-state index in [-0.39, 0.29) is 5.88 Å². The van der Waals surface area contributed by atoms with E-state index in [0.717, 1.165) is 16.7 Å². The molecular formula is C24H20N2O2S. The van der Waals surface area contributed by atoms with Gasteiger partial charge in [-0.3, -0.25) is 0 Å². The summed E-state index contributed by atoms with van der Waals surface area (Å²) in [6, 6.07) is 28.5. The van der Waals surface area contributed by atoms with Crippen molar-refractivity contribution in [3.05, 3.63) is 119 Å². The minimum Gasteiger partial charge on any atom is -0.405 e. The number of carbonyl (C=O) groups is 1. The molecule has 4 aromatic rings. The van der Waals surface area contributed by atoms with Crippen LogP contribution in [0, 0.1) is 0 Å². The molecule has 4 nitrogen and oxygen atoms in total. The Hall–Kier alpha value is -3.28. The highest BCUT2D eigenvalue weighted by molar-refractivity contribution is 7.07. The predicted octanol–water partition coefficient (Wildman–Crippen LogP) is 4.41. The highest BCUT2D eigenvalue weighted by Crippen LogP contribution is 2.42. The second kappa shape index (κ2) is 8.39. The Morgan fingerprint density at radius 2 is 1.28 bits per heavy atom. The van der Waals surface area contributed by atoms with Crippen LogP contribution in [-0.2, 0) is 10.2 Å². The summed E-state index contributed by atoms with van der Waals surface area (Å²) in [7, 11) is 0. The molecule has 0 saturated carbocycles. The summed E-state index contributed by atoms with van der Waals surface area (Å²) >= 11 is 1.36. The summed E-state index contributed by atoms with van der Waals surface area (Å²) in [4.78, 5) is 17.3. The van der Waals surface area contributed by atoms with Crippen LogP contribution in [0.1, 0.15) is 16.7 Å².